The van der Waals surface area contributed by atoms with Gasteiger partial charge in [-0.1, -0.05) is 6.07 Å². The summed E-state index contributed by atoms with van der Waals surface area (Å²) in [5, 5.41) is 10.5. The lowest BCUT2D eigenvalue weighted by molar-refractivity contribution is 0.0949. The maximum absolute atomic E-state index is 11.8. The highest BCUT2D eigenvalue weighted by atomic mass is 16.1. The fourth-order valence-electron chi connectivity index (χ4n) is 1.55. The molecule has 8 nitrogen and oxygen atoms in total. The summed E-state index contributed by atoms with van der Waals surface area (Å²) in [6, 6.07) is 5.01. The number of hydrogen-bond donors (Lipinski definition) is 3. The zero-order valence-electron chi connectivity index (χ0n) is 10.5. The number of nitrogens with one attached hydrogen (secondary N) is 2. The van der Waals surface area contributed by atoms with E-state index in [0.29, 0.717) is 24.5 Å². The van der Waals surface area contributed by atoms with Gasteiger partial charge >= 0.3 is 0 Å². The first-order chi connectivity index (χ1) is 9.20. The van der Waals surface area contributed by atoms with E-state index in [1.54, 1.807) is 24.5 Å². The summed E-state index contributed by atoms with van der Waals surface area (Å²) in [4.78, 5) is 15.9. The van der Waals surface area contributed by atoms with Crippen molar-refractivity contribution in [3.8, 4) is 0 Å². The average molecular weight is 261 g/mol. The van der Waals surface area contributed by atoms with E-state index >= 15 is 0 Å². The third kappa shape index (κ3) is 3.26. The molecule has 0 aliphatic rings. The minimum Gasteiger partial charge on any atom is -0.350 e. The Morgan fingerprint density at radius 1 is 1.47 bits per heavy atom. The summed E-state index contributed by atoms with van der Waals surface area (Å²) < 4.78 is 1.81. The maximum Gasteiger partial charge on any atom is 0.269 e. The zero-order valence-corrected chi connectivity index (χ0v) is 10.5. The van der Waals surface area contributed by atoms with Crippen LogP contribution in [-0.4, -0.2) is 32.2 Å². The van der Waals surface area contributed by atoms with Gasteiger partial charge in [0, 0.05) is 20.0 Å². The molecule has 0 fully saturated rings. The van der Waals surface area contributed by atoms with Gasteiger partial charge in [-0.3, -0.25) is 4.79 Å². The number of nitrogens with zero attached hydrogens (tertiary/aromatic N) is 4. The molecule has 0 radical (unpaired) electrons. The number of carbonyl (C=O) groups excluding carboxylic acids is 1. The number of rotatable bonds is 5. The first kappa shape index (κ1) is 13.0. The molecule has 2 aromatic heterocycles. The molecule has 2 rings (SSSR count). The van der Waals surface area contributed by atoms with Crippen LogP contribution in [0.15, 0.2) is 24.5 Å². The van der Waals surface area contributed by atoms with Crippen LogP contribution in [0, 0.1) is 0 Å². The molecule has 0 spiro atoms. The van der Waals surface area contributed by atoms with Gasteiger partial charge in [0.15, 0.2) is 0 Å². The number of amides is 1. The van der Waals surface area contributed by atoms with Gasteiger partial charge in [-0.25, -0.2) is 10.8 Å². The Morgan fingerprint density at radius 3 is 3.00 bits per heavy atom. The second-order valence-corrected chi connectivity index (χ2v) is 3.92. The fraction of sp³-hybridized carbons (Fsp3) is 0.273. The molecule has 0 saturated carbocycles. The molecule has 0 unspecified atom stereocenters. The standard InChI is InChI=1S/C11H15N7O/c1-18-7-14-17-10(18)5-6-13-11(19)8-3-2-4-9(15-8)16-12/h2-4,7H,5-6,12H2,1H3,(H,13,19)(H,15,16). The third-order valence-electron chi connectivity index (χ3n) is 2.57. The van der Waals surface area contributed by atoms with Crippen LogP contribution in [0.4, 0.5) is 5.82 Å². The Morgan fingerprint density at radius 2 is 2.32 bits per heavy atom. The van der Waals surface area contributed by atoms with E-state index in [-0.39, 0.29) is 5.91 Å². The Kier molecular flexibility index (Phi) is 4.04. The van der Waals surface area contributed by atoms with E-state index < -0.39 is 0 Å². The lowest BCUT2D eigenvalue weighted by Gasteiger charge is -2.05. The SMILES string of the molecule is Cn1cnnc1CCNC(=O)c1cccc(NN)n1. The van der Waals surface area contributed by atoms with Crippen molar-refractivity contribution in [2.75, 3.05) is 12.0 Å². The van der Waals surface area contributed by atoms with Crippen LogP contribution in [0.2, 0.25) is 0 Å². The number of hydrazine groups is 1. The number of carbonyl (C=O) groups is 1. The molecule has 4 N–H and O–H groups in total. The van der Waals surface area contributed by atoms with Crippen LogP contribution >= 0.6 is 0 Å². The van der Waals surface area contributed by atoms with Gasteiger partial charge in [0.2, 0.25) is 0 Å². The Balaban J connectivity index is 1.89. The molecule has 2 heterocycles. The molecule has 1 amide bonds. The van der Waals surface area contributed by atoms with Gasteiger partial charge in [0.1, 0.15) is 23.7 Å². The minimum absolute atomic E-state index is 0.251. The maximum atomic E-state index is 11.8. The molecular formula is C11H15N7O. The zero-order chi connectivity index (χ0) is 13.7. The van der Waals surface area contributed by atoms with Gasteiger partial charge in [-0.15, -0.1) is 10.2 Å². The lowest BCUT2D eigenvalue weighted by Crippen LogP contribution is -2.27. The largest absolute Gasteiger partial charge is 0.350 e. The van der Waals surface area contributed by atoms with E-state index in [1.807, 2.05) is 11.6 Å². The quantitative estimate of drug-likeness (QED) is 0.493. The second kappa shape index (κ2) is 5.91. The predicted molar refractivity (Wildman–Crippen MR) is 69.1 cm³/mol. The smallest absolute Gasteiger partial charge is 0.269 e. The molecular weight excluding hydrogens is 246 g/mol. The van der Waals surface area contributed by atoms with Crippen LogP contribution in [0.25, 0.3) is 0 Å². The van der Waals surface area contributed by atoms with Crippen LogP contribution in [-0.2, 0) is 13.5 Å². The molecule has 2 aromatic rings. The van der Waals surface area contributed by atoms with E-state index in [4.69, 9.17) is 5.84 Å². The van der Waals surface area contributed by atoms with Crippen molar-refractivity contribution in [2.24, 2.45) is 12.9 Å². The van der Waals surface area contributed by atoms with Crippen molar-refractivity contribution in [2.45, 2.75) is 6.42 Å². The predicted octanol–water partition coefficient (Wildman–Crippen LogP) is -0.532. The summed E-state index contributed by atoms with van der Waals surface area (Å²) in [6.45, 7) is 0.466. The average Bonchev–Trinajstić information content (AvgIpc) is 2.84. The van der Waals surface area contributed by atoms with Crippen molar-refractivity contribution in [3.05, 3.63) is 36.0 Å². The van der Waals surface area contributed by atoms with Crippen molar-refractivity contribution in [3.63, 3.8) is 0 Å². The molecule has 0 bridgehead atoms. The van der Waals surface area contributed by atoms with Gasteiger partial charge in [0.05, 0.1) is 0 Å². The van der Waals surface area contributed by atoms with E-state index in [9.17, 15) is 4.79 Å². The highest BCUT2D eigenvalue weighted by Crippen LogP contribution is 2.02. The Hall–Kier alpha value is -2.48. The summed E-state index contributed by atoms with van der Waals surface area (Å²) >= 11 is 0. The summed E-state index contributed by atoms with van der Waals surface area (Å²) in [6.07, 6.45) is 2.23. The monoisotopic (exact) mass is 261 g/mol. The summed E-state index contributed by atoms with van der Waals surface area (Å²) in [5.74, 6) is 6.24. The number of nitrogens with two attached hydrogens (primary N) is 1. The lowest BCUT2D eigenvalue weighted by atomic mass is 10.3. The topological polar surface area (TPSA) is 111 Å². The van der Waals surface area contributed by atoms with E-state index in [2.05, 4.69) is 25.9 Å². The number of pyridine rings is 1. The first-order valence-corrected chi connectivity index (χ1v) is 5.75. The van der Waals surface area contributed by atoms with Gasteiger partial charge < -0.3 is 15.3 Å². The van der Waals surface area contributed by atoms with Crippen LogP contribution < -0.4 is 16.6 Å². The normalized spacial score (nSPS) is 10.2. The highest BCUT2D eigenvalue weighted by Gasteiger charge is 2.08. The van der Waals surface area contributed by atoms with Crippen LogP contribution in [0.3, 0.4) is 0 Å². The molecule has 0 aliphatic carbocycles. The van der Waals surface area contributed by atoms with Crippen molar-refractivity contribution in [1.82, 2.24) is 25.1 Å². The van der Waals surface area contributed by atoms with Gasteiger partial charge in [-0.05, 0) is 12.1 Å². The molecule has 0 aromatic carbocycles. The number of anilines is 1. The molecule has 19 heavy (non-hydrogen) atoms. The second-order valence-electron chi connectivity index (χ2n) is 3.92. The number of nitrogen functional groups attached to an aromatic ring is 1. The molecule has 0 atom stereocenters. The first-order valence-electron chi connectivity index (χ1n) is 5.75. The van der Waals surface area contributed by atoms with Crippen molar-refractivity contribution < 1.29 is 4.79 Å². The van der Waals surface area contributed by atoms with Gasteiger partial charge in [-0.2, -0.15) is 0 Å². The summed E-state index contributed by atoms with van der Waals surface area (Å²) in [5.41, 5.74) is 2.71. The van der Waals surface area contributed by atoms with Gasteiger partial charge in [0.25, 0.3) is 5.91 Å². The fourth-order valence-corrected chi connectivity index (χ4v) is 1.55. The molecule has 8 heteroatoms. The van der Waals surface area contributed by atoms with Crippen LogP contribution in [0.1, 0.15) is 16.3 Å². The number of aromatic nitrogens is 4. The molecule has 0 aliphatic heterocycles. The van der Waals surface area contributed by atoms with Crippen LogP contribution in [0.5, 0.6) is 0 Å². The van der Waals surface area contributed by atoms with Crippen molar-refractivity contribution in [1.29, 1.82) is 0 Å². The summed E-state index contributed by atoms with van der Waals surface area (Å²) in [7, 11) is 1.86. The molecule has 100 valence electrons. The van der Waals surface area contributed by atoms with E-state index in [1.165, 1.54) is 0 Å². The number of aryl methyl sites for hydroxylation is 1. The Labute approximate surface area is 110 Å². The Bertz CT molecular complexity index is 566. The third-order valence-corrected chi connectivity index (χ3v) is 2.57. The van der Waals surface area contributed by atoms with Crippen molar-refractivity contribution >= 4 is 11.7 Å². The highest BCUT2D eigenvalue weighted by molar-refractivity contribution is 5.92. The number of hydrogen-bond acceptors (Lipinski definition) is 6. The molecule has 0 saturated heterocycles. The van der Waals surface area contributed by atoms with E-state index in [0.717, 1.165) is 5.82 Å². The minimum atomic E-state index is -0.251.